The van der Waals surface area contributed by atoms with Crippen molar-refractivity contribution in [1.29, 1.82) is 0 Å². The number of aromatic nitrogens is 1. The molecule has 11 heteroatoms. The van der Waals surface area contributed by atoms with Crippen LogP contribution in [0.3, 0.4) is 0 Å². The largest absolute Gasteiger partial charge is 0.420 e. The predicted octanol–water partition coefficient (Wildman–Crippen LogP) is 3.65. The van der Waals surface area contributed by atoms with Crippen molar-refractivity contribution >= 4 is 38.6 Å². The van der Waals surface area contributed by atoms with Crippen LogP contribution in [-0.2, 0) is 10.0 Å². The first-order valence-corrected chi connectivity index (χ1v) is 13.0. The van der Waals surface area contributed by atoms with Crippen LogP contribution in [0.2, 0.25) is 5.02 Å². The first kappa shape index (κ1) is 23.1. The number of carbonyl (C=O) groups is 1. The van der Waals surface area contributed by atoms with Gasteiger partial charge in [0.05, 0.1) is 11.1 Å². The van der Waals surface area contributed by atoms with E-state index in [0.717, 1.165) is 43.2 Å². The van der Waals surface area contributed by atoms with E-state index in [1.807, 2.05) is 0 Å². The lowest BCUT2D eigenvalue weighted by molar-refractivity contribution is 0.0868. The Morgan fingerprint density at radius 3 is 2.53 bits per heavy atom. The van der Waals surface area contributed by atoms with Crippen molar-refractivity contribution in [2.45, 2.75) is 36.6 Å². The van der Waals surface area contributed by atoms with E-state index in [1.165, 1.54) is 30.3 Å². The molecule has 180 valence electrons. The van der Waals surface area contributed by atoms with Gasteiger partial charge in [0.1, 0.15) is 10.7 Å². The predicted molar refractivity (Wildman–Crippen MR) is 124 cm³/mol. The Morgan fingerprint density at radius 1 is 1.03 bits per heavy atom. The van der Waals surface area contributed by atoms with Crippen molar-refractivity contribution in [3.8, 4) is 0 Å². The van der Waals surface area contributed by atoms with Gasteiger partial charge in [-0.1, -0.05) is 11.6 Å². The Labute approximate surface area is 200 Å². The van der Waals surface area contributed by atoms with Crippen LogP contribution in [0.1, 0.15) is 42.1 Å². The number of likely N-dealkylation sites (tertiary alicyclic amines) is 1. The van der Waals surface area contributed by atoms with Gasteiger partial charge in [0.15, 0.2) is 5.58 Å². The average Bonchev–Trinajstić information content (AvgIpc) is 3.21. The molecule has 1 amide bonds. The summed E-state index contributed by atoms with van der Waals surface area (Å²) >= 11 is 5.92. The minimum Gasteiger partial charge on any atom is -0.408 e. The average molecular weight is 508 g/mol. The molecule has 0 radical (unpaired) electrons. The van der Waals surface area contributed by atoms with Gasteiger partial charge in [-0.2, -0.15) is 0 Å². The van der Waals surface area contributed by atoms with Crippen LogP contribution in [0.25, 0.3) is 11.1 Å². The van der Waals surface area contributed by atoms with Crippen molar-refractivity contribution in [2.24, 2.45) is 0 Å². The second-order valence-corrected chi connectivity index (χ2v) is 10.9. The minimum absolute atomic E-state index is 0.00808. The van der Waals surface area contributed by atoms with E-state index in [9.17, 15) is 22.4 Å². The number of carbonyl (C=O) groups excluding carboxylic acids is 1. The third-order valence-corrected chi connectivity index (χ3v) is 8.63. The Hall–Kier alpha value is -2.69. The molecule has 2 aromatic carbocycles. The molecule has 3 heterocycles. The number of halogens is 2. The highest BCUT2D eigenvalue weighted by atomic mass is 35.5. The fraction of sp³-hybridized carbons (Fsp3) is 0.391. The van der Waals surface area contributed by atoms with Crippen molar-refractivity contribution in [3.05, 3.63) is 63.4 Å². The number of nitrogens with zero attached hydrogens (tertiary/aromatic N) is 3. The molecule has 2 aliphatic heterocycles. The second kappa shape index (κ2) is 8.83. The quantitative estimate of drug-likeness (QED) is 0.473. The summed E-state index contributed by atoms with van der Waals surface area (Å²) in [4.78, 5) is 27.2. The first-order valence-electron chi connectivity index (χ1n) is 11.2. The number of sulfonamides is 1. The van der Waals surface area contributed by atoms with Crippen molar-refractivity contribution in [3.63, 3.8) is 0 Å². The zero-order valence-corrected chi connectivity index (χ0v) is 19.8. The van der Waals surface area contributed by atoms with E-state index >= 15 is 0 Å². The standard InChI is InChI=1S/C23H23ClFN3O5S/c24-15-3-6-21-18(13-15)22(29)27(34(21,31)32)10-2-1-9-26-11-7-17(8-12-26)28-19-5-4-16(25)14-20(19)33-23(28)30/h3-6,13-14,17H,1-2,7-12H2. The summed E-state index contributed by atoms with van der Waals surface area (Å²) in [5, 5.41) is 0.324. The summed E-state index contributed by atoms with van der Waals surface area (Å²) in [5.41, 5.74) is 0.978. The summed E-state index contributed by atoms with van der Waals surface area (Å²) in [5.74, 6) is -1.45. The highest BCUT2D eigenvalue weighted by molar-refractivity contribution is 7.90. The van der Waals surface area contributed by atoms with Gasteiger partial charge >= 0.3 is 5.76 Å². The van der Waals surface area contributed by atoms with Gasteiger partial charge in [-0.05, 0) is 62.6 Å². The van der Waals surface area contributed by atoms with E-state index < -0.39 is 27.5 Å². The number of hydrogen-bond donors (Lipinski definition) is 0. The molecule has 0 bridgehead atoms. The fourth-order valence-corrected chi connectivity index (χ4v) is 6.59. The molecule has 0 N–H and O–H groups in total. The molecular formula is C23H23ClFN3O5S. The maximum Gasteiger partial charge on any atom is 0.420 e. The maximum atomic E-state index is 13.4. The van der Waals surface area contributed by atoms with Crippen molar-refractivity contribution in [2.75, 3.05) is 26.2 Å². The maximum absolute atomic E-state index is 13.4. The SMILES string of the molecule is O=C1c2cc(Cl)ccc2S(=O)(=O)N1CCCCN1CCC(n2c(=O)oc3cc(F)ccc32)CC1. The summed E-state index contributed by atoms with van der Waals surface area (Å²) in [7, 11) is -3.83. The van der Waals surface area contributed by atoms with Crippen LogP contribution >= 0.6 is 11.6 Å². The van der Waals surface area contributed by atoms with Gasteiger partial charge in [-0.3, -0.25) is 9.36 Å². The molecule has 1 aromatic heterocycles. The smallest absolute Gasteiger partial charge is 0.408 e. The summed E-state index contributed by atoms with van der Waals surface area (Å²) in [6.45, 7) is 2.43. The van der Waals surface area contributed by atoms with E-state index in [-0.39, 0.29) is 28.6 Å². The number of fused-ring (bicyclic) bond motifs is 2. The molecule has 0 unspecified atom stereocenters. The highest BCUT2D eigenvalue weighted by Crippen LogP contribution is 2.32. The van der Waals surface area contributed by atoms with Crippen LogP contribution in [-0.4, -0.2) is 54.3 Å². The van der Waals surface area contributed by atoms with Gasteiger partial charge in [0.25, 0.3) is 15.9 Å². The zero-order valence-electron chi connectivity index (χ0n) is 18.2. The van der Waals surface area contributed by atoms with Crippen LogP contribution in [0.5, 0.6) is 0 Å². The number of unbranched alkanes of at least 4 members (excludes halogenated alkanes) is 1. The third-order valence-electron chi connectivity index (χ3n) is 6.55. The number of amides is 1. The van der Waals surface area contributed by atoms with Crippen molar-refractivity contribution < 1.29 is 22.0 Å². The normalized spacial score (nSPS) is 18.6. The van der Waals surface area contributed by atoms with Crippen molar-refractivity contribution in [1.82, 2.24) is 13.8 Å². The minimum atomic E-state index is -3.83. The van der Waals surface area contributed by atoms with Crippen LogP contribution in [0.4, 0.5) is 4.39 Å². The number of rotatable bonds is 6. The van der Waals surface area contributed by atoms with Crippen LogP contribution < -0.4 is 5.76 Å². The number of oxazole rings is 1. The Kier molecular flexibility index (Phi) is 5.99. The summed E-state index contributed by atoms with van der Waals surface area (Å²) < 4.78 is 46.5. The van der Waals surface area contributed by atoms with E-state index in [0.29, 0.717) is 17.0 Å². The van der Waals surface area contributed by atoms with Gasteiger partial charge < -0.3 is 9.32 Å². The number of hydrogen-bond acceptors (Lipinski definition) is 6. The molecule has 1 saturated heterocycles. The summed E-state index contributed by atoms with van der Waals surface area (Å²) in [6.07, 6.45) is 2.78. The molecule has 0 spiro atoms. The zero-order chi connectivity index (χ0) is 24.0. The van der Waals surface area contributed by atoms with Gasteiger partial charge in [-0.15, -0.1) is 0 Å². The second-order valence-electron chi connectivity index (χ2n) is 8.65. The number of piperidine rings is 1. The number of benzene rings is 2. The lowest BCUT2D eigenvalue weighted by Crippen LogP contribution is -2.37. The van der Waals surface area contributed by atoms with E-state index in [4.69, 9.17) is 16.0 Å². The van der Waals surface area contributed by atoms with E-state index in [2.05, 4.69) is 4.90 Å². The molecule has 0 aliphatic carbocycles. The fourth-order valence-electron chi connectivity index (χ4n) is 4.83. The molecule has 0 saturated carbocycles. The third kappa shape index (κ3) is 4.03. The Morgan fingerprint density at radius 2 is 1.76 bits per heavy atom. The Bertz CT molecular complexity index is 1430. The molecule has 3 aromatic rings. The van der Waals surface area contributed by atoms with E-state index in [1.54, 1.807) is 10.6 Å². The van der Waals surface area contributed by atoms with Gasteiger partial charge in [0.2, 0.25) is 0 Å². The molecule has 1 fully saturated rings. The molecule has 34 heavy (non-hydrogen) atoms. The first-order chi connectivity index (χ1) is 16.3. The van der Waals surface area contributed by atoms with Crippen LogP contribution in [0, 0.1) is 5.82 Å². The monoisotopic (exact) mass is 507 g/mol. The molecular weight excluding hydrogens is 485 g/mol. The van der Waals surface area contributed by atoms with Crippen LogP contribution in [0.15, 0.2) is 50.5 Å². The van der Waals surface area contributed by atoms with Gasteiger partial charge in [-0.25, -0.2) is 21.9 Å². The molecule has 5 rings (SSSR count). The molecule has 0 atom stereocenters. The summed E-state index contributed by atoms with van der Waals surface area (Å²) in [6, 6.07) is 8.33. The highest BCUT2D eigenvalue weighted by Gasteiger charge is 2.40. The molecule has 2 aliphatic rings. The Balaban J connectivity index is 1.14. The van der Waals surface area contributed by atoms with Gasteiger partial charge in [0, 0.05) is 36.8 Å². The lowest BCUT2D eigenvalue weighted by atomic mass is 10.0. The molecule has 8 nitrogen and oxygen atoms in total. The topological polar surface area (TPSA) is 92.8 Å². The lowest BCUT2D eigenvalue weighted by Gasteiger charge is -2.32.